The zero-order chi connectivity index (χ0) is 17.4. The van der Waals surface area contributed by atoms with Gasteiger partial charge in [0.25, 0.3) is 0 Å². The van der Waals surface area contributed by atoms with Crippen LogP contribution in [0.4, 0.5) is 4.79 Å². The predicted octanol–water partition coefficient (Wildman–Crippen LogP) is 2.45. The number of primary amides is 1. The topological polar surface area (TPSA) is 84.2 Å². The summed E-state index contributed by atoms with van der Waals surface area (Å²) in [4.78, 5) is 23.5. The first kappa shape index (κ1) is 17.5. The molecular formula is C19H23N3O2. The molecule has 2 rings (SSSR count). The largest absolute Gasteiger partial charge is 0.356 e. The highest BCUT2D eigenvalue weighted by molar-refractivity contribution is 5.78. The molecule has 0 aromatic heterocycles. The summed E-state index contributed by atoms with van der Waals surface area (Å²) < 4.78 is 0. The molecule has 0 saturated heterocycles. The second-order valence-corrected chi connectivity index (χ2v) is 5.71. The van der Waals surface area contributed by atoms with E-state index in [1.807, 2.05) is 61.5 Å². The summed E-state index contributed by atoms with van der Waals surface area (Å²) in [5.41, 5.74) is 8.33. The second-order valence-electron chi connectivity index (χ2n) is 5.71. The highest BCUT2D eigenvalue weighted by Gasteiger charge is 2.18. The number of benzene rings is 2. The van der Waals surface area contributed by atoms with E-state index in [9.17, 15) is 9.59 Å². The normalized spacial score (nSPS) is 11.5. The van der Waals surface area contributed by atoms with Gasteiger partial charge in [0.15, 0.2) is 0 Å². The second kappa shape index (κ2) is 8.72. The van der Waals surface area contributed by atoms with Crippen molar-refractivity contribution in [2.45, 2.75) is 25.8 Å². The number of aryl methyl sites for hydroxylation is 1. The van der Waals surface area contributed by atoms with Crippen molar-refractivity contribution in [3.63, 3.8) is 0 Å². The smallest absolute Gasteiger partial charge is 0.312 e. The lowest BCUT2D eigenvalue weighted by molar-refractivity contribution is -0.121. The summed E-state index contributed by atoms with van der Waals surface area (Å²) in [7, 11) is 0. The first-order chi connectivity index (χ1) is 11.6. The lowest BCUT2D eigenvalue weighted by Gasteiger charge is -2.19. The third-order valence-electron chi connectivity index (χ3n) is 3.85. The zero-order valence-electron chi connectivity index (χ0n) is 13.8. The predicted molar refractivity (Wildman–Crippen MR) is 94.4 cm³/mol. The molecule has 2 aromatic rings. The van der Waals surface area contributed by atoms with Gasteiger partial charge in [-0.25, -0.2) is 4.79 Å². The minimum atomic E-state index is -0.639. The molecular weight excluding hydrogens is 302 g/mol. The summed E-state index contributed by atoms with van der Waals surface area (Å²) in [5, 5.41) is 5.55. The number of amides is 3. The summed E-state index contributed by atoms with van der Waals surface area (Å²) in [6, 6.07) is 16.5. The van der Waals surface area contributed by atoms with Gasteiger partial charge in [0.2, 0.25) is 5.91 Å². The average Bonchev–Trinajstić information content (AvgIpc) is 2.55. The van der Waals surface area contributed by atoms with Crippen molar-refractivity contribution in [2.24, 2.45) is 5.73 Å². The van der Waals surface area contributed by atoms with Gasteiger partial charge in [-0.05, 0) is 30.0 Å². The van der Waals surface area contributed by atoms with Gasteiger partial charge in [0, 0.05) is 6.54 Å². The van der Waals surface area contributed by atoms with E-state index in [4.69, 9.17) is 5.73 Å². The average molecular weight is 325 g/mol. The molecule has 0 heterocycles. The molecule has 0 aliphatic rings. The first-order valence-corrected chi connectivity index (χ1v) is 7.98. The molecule has 5 nitrogen and oxygen atoms in total. The molecule has 5 heteroatoms. The molecule has 0 aliphatic carbocycles. The quantitative estimate of drug-likeness (QED) is 0.730. The van der Waals surface area contributed by atoms with Gasteiger partial charge in [-0.2, -0.15) is 0 Å². The first-order valence-electron chi connectivity index (χ1n) is 7.98. The lowest BCUT2D eigenvalue weighted by Crippen LogP contribution is -2.37. The number of carbonyl (C=O) groups excluding carboxylic acids is 2. The van der Waals surface area contributed by atoms with Crippen molar-refractivity contribution in [2.75, 3.05) is 6.54 Å². The summed E-state index contributed by atoms with van der Waals surface area (Å²) >= 11 is 0. The summed E-state index contributed by atoms with van der Waals surface area (Å²) in [6.07, 6.45) is 0.924. The van der Waals surface area contributed by atoms with Crippen LogP contribution >= 0.6 is 0 Å². The van der Waals surface area contributed by atoms with Crippen molar-refractivity contribution in [3.05, 3.63) is 71.3 Å². The van der Waals surface area contributed by atoms with Gasteiger partial charge in [-0.3, -0.25) is 4.79 Å². The van der Waals surface area contributed by atoms with E-state index in [2.05, 4.69) is 10.6 Å². The monoisotopic (exact) mass is 325 g/mol. The van der Waals surface area contributed by atoms with E-state index >= 15 is 0 Å². The van der Waals surface area contributed by atoms with Gasteiger partial charge in [-0.15, -0.1) is 0 Å². The van der Waals surface area contributed by atoms with Crippen molar-refractivity contribution < 1.29 is 9.59 Å². The van der Waals surface area contributed by atoms with Gasteiger partial charge in [0.1, 0.15) is 0 Å². The molecule has 3 amide bonds. The van der Waals surface area contributed by atoms with Crippen LogP contribution < -0.4 is 16.4 Å². The Hall–Kier alpha value is -2.82. The Morgan fingerprint density at radius 1 is 1.04 bits per heavy atom. The Bertz CT molecular complexity index is 686. The van der Waals surface area contributed by atoms with E-state index in [0.29, 0.717) is 6.54 Å². The number of nitrogens with one attached hydrogen (secondary N) is 2. The van der Waals surface area contributed by atoms with Crippen LogP contribution in [0.25, 0.3) is 0 Å². The fourth-order valence-electron chi connectivity index (χ4n) is 2.64. The van der Waals surface area contributed by atoms with Crippen LogP contribution in [0.5, 0.6) is 0 Å². The van der Waals surface area contributed by atoms with Crippen molar-refractivity contribution in [1.29, 1.82) is 0 Å². The Balaban J connectivity index is 1.92. The van der Waals surface area contributed by atoms with Crippen LogP contribution in [0, 0.1) is 6.92 Å². The Morgan fingerprint density at radius 3 is 2.38 bits per heavy atom. The summed E-state index contributed by atoms with van der Waals surface area (Å²) in [5.74, 6) is -0.118. The molecule has 126 valence electrons. The molecule has 0 saturated carbocycles. The van der Waals surface area contributed by atoms with Crippen molar-refractivity contribution in [1.82, 2.24) is 10.6 Å². The molecule has 4 N–H and O–H groups in total. The number of rotatable bonds is 7. The lowest BCUT2D eigenvalue weighted by atomic mass is 9.98. The minimum absolute atomic E-state index is 0.118. The van der Waals surface area contributed by atoms with Crippen LogP contribution in [0.2, 0.25) is 0 Å². The Morgan fingerprint density at radius 2 is 1.71 bits per heavy atom. The number of carbonyl (C=O) groups is 2. The van der Waals surface area contributed by atoms with Crippen LogP contribution in [-0.4, -0.2) is 18.5 Å². The Labute approximate surface area is 142 Å². The fraction of sp³-hybridized carbons (Fsp3) is 0.263. The molecule has 24 heavy (non-hydrogen) atoms. The van der Waals surface area contributed by atoms with Gasteiger partial charge in [0.05, 0.1) is 12.5 Å². The zero-order valence-corrected chi connectivity index (χ0v) is 13.8. The van der Waals surface area contributed by atoms with Crippen LogP contribution in [0.3, 0.4) is 0 Å². The number of nitrogens with two attached hydrogens (primary N) is 1. The third-order valence-corrected chi connectivity index (χ3v) is 3.85. The standard InChI is InChI=1S/C19H23N3O2/c1-14-7-5-6-10-16(14)17(22-19(20)24)13-18(23)21-12-11-15-8-3-2-4-9-15/h2-10,17H,11-13H2,1H3,(H,21,23)(H3,20,22,24). The number of hydrogen-bond acceptors (Lipinski definition) is 2. The maximum absolute atomic E-state index is 12.2. The van der Waals surface area contributed by atoms with Gasteiger partial charge >= 0.3 is 6.03 Å². The van der Waals surface area contributed by atoms with E-state index in [1.54, 1.807) is 0 Å². The highest BCUT2D eigenvalue weighted by Crippen LogP contribution is 2.20. The van der Waals surface area contributed by atoms with E-state index in [-0.39, 0.29) is 12.3 Å². The maximum Gasteiger partial charge on any atom is 0.312 e. The van der Waals surface area contributed by atoms with E-state index < -0.39 is 12.1 Å². The molecule has 1 unspecified atom stereocenters. The highest BCUT2D eigenvalue weighted by atomic mass is 16.2. The van der Waals surface area contributed by atoms with Crippen molar-refractivity contribution in [3.8, 4) is 0 Å². The molecule has 0 spiro atoms. The molecule has 0 fully saturated rings. The van der Waals surface area contributed by atoms with Gasteiger partial charge in [-0.1, -0.05) is 54.6 Å². The Kier molecular flexibility index (Phi) is 6.37. The fourth-order valence-corrected chi connectivity index (χ4v) is 2.64. The van der Waals surface area contributed by atoms with Gasteiger partial charge < -0.3 is 16.4 Å². The van der Waals surface area contributed by atoms with E-state index in [1.165, 1.54) is 5.56 Å². The van der Waals surface area contributed by atoms with Crippen LogP contribution in [0.1, 0.15) is 29.2 Å². The molecule has 1 atom stereocenters. The maximum atomic E-state index is 12.2. The molecule has 0 aliphatic heterocycles. The molecule has 0 bridgehead atoms. The van der Waals surface area contributed by atoms with Crippen molar-refractivity contribution >= 4 is 11.9 Å². The third kappa shape index (κ3) is 5.43. The SMILES string of the molecule is Cc1ccccc1C(CC(=O)NCCc1ccccc1)NC(N)=O. The number of hydrogen-bond donors (Lipinski definition) is 3. The molecule has 2 aromatic carbocycles. The van der Waals surface area contributed by atoms with E-state index in [0.717, 1.165) is 17.5 Å². The number of urea groups is 1. The van der Waals surface area contributed by atoms with Crippen LogP contribution in [-0.2, 0) is 11.2 Å². The van der Waals surface area contributed by atoms with Crippen LogP contribution in [0.15, 0.2) is 54.6 Å². The summed E-state index contributed by atoms with van der Waals surface area (Å²) in [6.45, 7) is 2.50. The molecule has 0 radical (unpaired) electrons. The minimum Gasteiger partial charge on any atom is -0.356 e.